The van der Waals surface area contributed by atoms with Gasteiger partial charge in [-0.3, -0.25) is 4.79 Å². The first-order valence-electron chi connectivity index (χ1n) is 7.21. The topological polar surface area (TPSA) is 41.1 Å². The first-order valence-corrected chi connectivity index (χ1v) is 7.21. The fourth-order valence-electron chi connectivity index (χ4n) is 2.08. The molecular weight excluding hydrogens is 236 g/mol. The molecular formula is C16H26N2O. The van der Waals surface area contributed by atoms with Crippen molar-refractivity contribution in [3.63, 3.8) is 0 Å². The summed E-state index contributed by atoms with van der Waals surface area (Å²) >= 11 is 0. The molecule has 0 aromatic heterocycles. The summed E-state index contributed by atoms with van der Waals surface area (Å²) in [5.41, 5.74) is 2.63. The number of amides is 1. The second-order valence-electron chi connectivity index (χ2n) is 4.87. The van der Waals surface area contributed by atoms with E-state index in [0.29, 0.717) is 6.54 Å². The molecule has 1 aromatic rings. The van der Waals surface area contributed by atoms with Crippen molar-refractivity contribution in [3.05, 3.63) is 35.4 Å². The van der Waals surface area contributed by atoms with Gasteiger partial charge in [-0.1, -0.05) is 38.1 Å². The van der Waals surface area contributed by atoms with Crippen LogP contribution in [0.3, 0.4) is 0 Å². The minimum absolute atomic E-state index is 0.0764. The van der Waals surface area contributed by atoms with Gasteiger partial charge in [0.2, 0.25) is 5.91 Å². The average Bonchev–Trinajstić information content (AvgIpc) is 2.45. The summed E-state index contributed by atoms with van der Waals surface area (Å²) < 4.78 is 0. The highest BCUT2D eigenvalue weighted by Crippen LogP contribution is 2.06. The monoisotopic (exact) mass is 262 g/mol. The van der Waals surface area contributed by atoms with Crippen molar-refractivity contribution in [2.75, 3.05) is 20.1 Å². The zero-order chi connectivity index (χ0) is 14.1. The first kappa shape index (κ1) is 15.7. The third kappa shape index (κ3) is 5.43. The molecule has 1 amide bonds. The third-order valence-corrected chi connectivity index (χ3v) is 3.46. The molecule has 106 valence electrons. The first-order chi connectivity index (χ1) is 9.21. The highest BCUT2D eigenvalue weighted by Gasteiger charge is 2.14. The van der Waals surface area contributed by atoms with Gasteiger partial charge in [0.1, 0.15) is 0 Å². The van der Waals surface area contributed by atoms with E-state index < -0.39 is 0 Å². The van der Waals surface area contributed by atoms with Crippen molar-refractivity contribution in [2.24, 2.45) is 5.92 Å². The standard InChI is InChI=1S/C16H26N2O/c1-4-13-6-8-14(9-7-13)10-11-18-16(19)15(5-2)12-17-3/h6-9,15,17H,4-5,10-12H2,1-3H3,(H,18,19). The smallest absolute Gasteiger partial charge is 0.224 e. The lowest BCUT2D eigenvalue weighted by atomic mass is 10.1. The van der Waals surface area contributed by atoms with Gasteiger partial charge in [-0.25, -0.2) is 0 Å². The lowest BCUT2D eigenvalue weighted by molar-refractivity contribution is -0.124. The zero-order valence-electron chi connectivity index (χ0n) is 12.3. The Balaban J connectivity index is 2.34. The van der Waals surface area contributed by atoms with E-state index in [9.17, 15) is 4.79 Å². The fourth-order valence-corrected chi connectivity index (χ4v) is 2.08. The quantitative estimate of drug-likeness (QED) is 0.754. The third-order valence-electron chi connectivity index (χ3n) is 3.46. The van der Waals surface area contributed by atoms with Crippen LogP contribution in [-0.2, 0) is 17.6 Å². The Bertz CT molecular complexity index is 373. The van der Waals surface area contributed by atoms with Gasteiger partial charge in [0, 0.05) is 13.1 Å². The maximum absolute atomic E-state index is 11.9. The van der Waals surface area contributed by atoms with E-state index in [0.717, 1.165) is 25.8 Å². The second-order valence-corrected chi connectivity index (χ2v) is 4.87. The number of benzene rings is 1. The SMILES string of the molecule is CCc1ccc(CCNC(=O)C(CC)CNC)cc1. The Morgan fingerprint density at radius 3 is 2.32 bits per heavy atom. The minimum Gasteiger partial charge on any atom is -0.355 e. The Hall–Kier alpha value is -1.35. The normalized spacial score (nSPS) is 12.2. The maximum atomic E-state index is 11.9. The Labute approximate surface area is 116 Å². The summed E-state index contributed by atoms with van der Waals surface area (Å²) in [5, 5.41) is 6.08. The lowest BCUT2D eigenvalue weighted by Gasteiger charge is -2.14. The van der Waals surface area contributed by atoms with Crippen molar-refractivity contribution >= 4 is 5.91 Å². The van der Waals surface area contributed by atoms with Gasteiger partial charge in [0.05, 0.1) is 5.92 Å². The van der Waals surface area contributed by atoms with E-state index >= 15 is 0 Å². The van der Waals surface area contributed by atoms with Crippen LogP contribution in [0.1, 0.15) is 31.4 Å². The Morgan fingerprint density at radius 2 is 1.79 bits per heavy atom. The van der Waals surface area contributed by atoms with E-state index in [1.54, 1.807) is 0 Å². The van der Waals surface area contributed by atoms with Crippen LogP contribution in [0.25, 0.3) is 0 Å². The predicted molar refractivity (Wildman–Crippen MR) is 80.2 cm³/mol. The van der Waals surface area contributed by atoms with E-state index in [4.69, 9.17) is 0 Å². The van der Waals surface area contributed by atoms with Crippen molar-refractivity contribution < 1.29 is 4.79 Å². The van der Waals surface area contributed by atoms with Crippen molar-refractivity contribution in [1.82, 2.24) is 10.6 Å². The molecule has 3 heteroatoms. The van der Waals surface area contributed by atoms with Crippen LogP contribution in [0.2, 0.25) is 0 Å². The molecule has 3 nitrogen and oxygen atoms in total. The summed E-state index contributed by atoms with van der Waals surface area (Å²) in [7, 11) is 1.88. The molecule has 0 radical (unpaired) electrons. The maximum Gasteiger partial charge on any atom is 0.224 e. The molecule has 0 saturated heterocycles. The molecule has 0 fully saturated rings. The number of carbonyl (C=O) groups is 1. The number of carbonyl (C=O) groups excluding carboxylic acids is 1. The Kier molecular flexibility index (Phi) is 7.19. The van der Waals surface area contributed by atoms with Crippen molar-refractivity contribution in [3.8, 4) is 0 Å². The number of hydrogen-bond donors (Lipinski definition) is 2. The summed E-state index contributed by atoms with van der Waals surface area (Å²) in [5.74, 6) is 0.231. The van der Waals surface area contributed by atoms with E-state index in [1.807, 2.05) is 14.0 Å². The van der Waals surface area contributed by atoms with Gasteiger partial charge < -0.3 is 10.6 Å². The van der Waals surface area contributed by atoms with Gasteiger partial charge >= 0.3 is 0 Å². The number of aryl methyl sites for hydroxylation is 1. The van der Waals surface area contributed by atoms with Crippen LogP contribution in [0.4, 0.5) is 0 Å². The van der Waals surface area contributed by atoms with Crippen LogP contribution in [0.5, 0.6) is 0 Å². The molecule has 1 rings (SSSR count). The molecule has 19 heavy (non-hydrogen) atoms. The molecule has 0 saturated carbocycles. The summed E-state index contributed by atoms with van der Waals surface area (Å²) in [6.45, 7) is 5.66. The van der Waals surface area contributed by atoms with Crippen LogP contribution in [0, 0.1) is 5.92 Å². The highest BCUT2D eigenvalue weighted by molar-refractivity contribution is 5.78. The van der Waals surface area contributed by atoms with Gasteiger partial charge in [0.15, 0.2) is 0 Å². The highest BCUT2D eigenvalue weighted by atomic mass is 16.1. The van der Waals surface area contributed by atoms with Gasteiger partial charge in [-0.15, -0.1) is 0 Å². The van der Waals surface area contributed by atoms with E-state index in [-0.39, 0.29) is 11.8 Å². The van der Waals surface area contributed by atoms with Crippen LogP contribution >= 0.6 is 0 Å². The van der Waals surface area contributed by atoms with E-state index in [1.165, 1.54) is 11.1 Å². The number of rotatable bonds is 8. The van der Waals surface area contributed by atoms with Crippen molar-refractivity contribution in [1.29, 1.82) is 0 Å². The molecule has 0 aliphatic heterocycles. The molecule has 1 unspecified atom stereocenters. The van der Waals surface area contributed by atoms with Gasteiger partial charge in [-0.05, 0) is 37.4 Å². The van der Waals surface area contributed by atoms with Crippen molar-refractivity contribution in [2.45, 2.75) is 33.1 Å². The van der Waals surface area contributed by atoms with Gasteiger partial charge in [0.25, 0.3) is 0 Å². The zero-order valence-corrected chi connectivity index (χ0v) is 12.3. The fraction of sp³-hybridized carbons (Fsp3) is 0.562. The summed E-state index contributed by atoms with van der Waals surface area (Å²) in [6.07, 6.45) is 2.84. The molecule has 0 spiro atoms. The Morgan fingerprint density at radius 1 is 1.16 bits per heavy atom. The molecule has 0 heterocycles. The number of nitrogens with one attached hydrogen (secondary N) is 2. The molecule has 0 aliphatic carbocycles. The molecule has 0 aliphatic rings. The number of hydrogen-bond acceptors (Lipinski definition) is 2. The van der Waals surface area contributed by atoms with E-state index in [2.05, 4.69) is 41.8 Å². The molecule has 1 aromatic carbocycles. The lowest BCUT2D eigenvalue weighted by Crippen LogP contribution is -2.36. The second kappa shape index (κ2) is 8.70. The van der Waals surface area contributed by atoms with Crippen LogP contribution < -0.4 is 10.6 Å². The molecule has 2 N–H and O–H groups in total. The average molecular weight is 262 g/mol. The minimum atomic E-state index is 0.0764. The van der Waals surface area contributed by atoms with Crippen LogP contribution in [0.15, 0.2) is 24.3 Å². The van der Waals surface area contributed by atoms with Crippen LogP contribution in [-0.4, -0.2) is 26.0 Å². The summed E-state index contributed by atoms with van der Waals surface area (Å²) in [4.78, 5) is 11.9. The predicted octanol–water partition coefficient (Wildman–Crippen LogP) is 2.15. The summed E-state index contributed by atoms with van der Waals surface area (Å²) in [6, 6.07) is 8.62. The van der Waals surface area contributed by atoms with Gasteiger partial charge in [-0.2, -0.15) is 0 Å². The molecule has 0 bridgehead atoms. The largest absolute Gasteiger partial charge is 0.355 e. The molecule has 1 atom stereocenters.